The highest BCUT2D eigenvalue weighted by Gasteiger charge is 2.44. The van der Waals surface area contributed by atoms with E-state index in [1.807, 2.05) is 49.4 Å². The molecule has 1 aliphatic rings. The van der Waals surface area contributed by atoms with Gasteiger partial charge in [-0.1, -0.05) is 36.4 Å². The van der Waals surface area contributed by atoms with Crippen LogP contribution in [0, 0.1) is 12.8 Å². The van der Waals surface area contributed by atoms with Gasteiger partial charge in [0.2, 0.25) is 0 Å². The summed E-state index contributed by atoms with van der Waals surface area (Å²) in [7, 11) is 0. The van der Waals surface area contributed by atoms with Crippen molar-refractivity contribution in [2.45, 2.75) is 19.3 Å². The normalized spacial score (nSPS) is 19.4. The molecular weight excluding hydrogens is 304 g/mol. The number of fused-ring (bicyclic) bond motifs is 1. The Labute approximate surface area is 138 Å². The summed E-state index contributed by atoms with van der Waals surface area (Å²) in [5.74, 6) is -1.08. The van der Waals surface area contributed by atoms with E-state index in [0.29, 0.717) is 12.0 Å². The molecule has 0 radical (unpaired) electrons. The van der Waals surface area contributed by atoms with Crippen molar-refractivity contribution in [1.29, 1.82) is 0 Å². The molecule has 1 saturated carbocycles. The maximum absolute atomic E-state index is 12.0. The number of carbonyl (C=O) groups is 1. The molecule has 0 bridgehead atoms. The van der Waals surface area contributed by atoms with Crippen molar-refractivity contribution in [3.05, 3.63) is 70.1 Å². The van der Waals surface area contributed by atoms with Crippen LogP contribution in [0.15, 0.2) is 57.7 Å². The number of aliphatic carboxylic acids is 1. The number of carboxylic acids is 1. The van der Waals surface area contributed by atoms with Gasteiger partial charge in [-0.05, 0) is 42.0 Å². The van der Waals surface area contributed by atoms with E-state index in [-0.39, 0.29) is 11.8 Å². The molecule has 0 spiro atoms. The molecule has 4 heteroatoms. The second kappa shape index (κ2) is 5.34. The third-order valence-electron chi connectivity index (χ3n) is 4.74. The topological polar surface area (TPSA) is 67.5 Å². The summed E-state index contributed by atoms with van der Waals surface area (Å²) < 4.78 is 5.38. The highest BCUT2D eigenvalue weighted by Crippen LogP contribution is 2.48. The summed E-state index contributed by atoms with van der Waals surface area (Å²) in [6, 6.07) is 15.1. The minimum atomic E-state index is -0.768. The molecule has 2 aromatic carbocycles. The van der Waals surface area contributed by atoms with E-state index in [2.05, 4.69) is 0 Å². The van der Waals surface area contributed by atoms with Crippen LogP contribution in [0.4, 0.5) is 0 Å². The van der Waals surface area contributed by atoms with Gasteiger partial charge in [-0.25, -0.2) is 4.79 Å². The largest absolute Gasteiger partial charge is 0.481 e. The van der Waals surface area contributed by atoms with Crippen molar-refractivity contribution >= 4 is 16.9 Å². The predicted molar refractivity (Wildman–Crippen MR) is 91.1 cm³/mol. The minimum absolute atomic E-state index is 0.0133. The highest BCUT2D eigenvalue weighted by atomic mass is 16.4. The molecule has 1 aromatic heterocycles. The first-order valence-corrected chi connectivity index (χ1v) is 7.91. The Morgan fingerprint density at radius 1 is 1.12 bits per heavy atom. The van der Waals surface area contributed by atoms with Crippen molar-refractivity contribution < 1.29 is 14.3 Å². The number of aryl methyl sites for hydroxylation is 1. The Hall–Kier alpha value is -2.88. The van der Waals surface area contributed by atoms with Crippen molar-refractivity contribution in [1.82, 2.24) is 0 Å². The zero-order valence-corrected chi connectivity index (χ0v) is 13.2. The van der Waals surface area contributed by atoms with Crippen LogP contribution in [0.3, 0.4) is 0 Å². The maximum Gasteiger partial charge on any atom is 0.336 e. The third-order valence-corrected chi connectivity index (χ3v) is 4.74. The third kappa shape index (κ3) is 2.40. The van der Waals surface area contributed by atoms with E-state index < -0.39 is 11.6 Å². The Bertz CT molecular complexity index is 1020. The molecule has 4 rings (SSSR count). The van der Waals surface area contributed by atoms with Gasteiger partial charge < -0.3 is 9.52 Å². The molecule has 0 aliphatic heterocycles. The highest BCUT2D eigenvalue weighted by molar-refractivity contribution is 5.94. The van der Waals surface area contributed by atoms with Gasteiger partial charge in [0.15, 0.2) is 0 Å². The maximum atomic E-state index is 12.0. The fourth-order valence-corrected chi connectivity index (χ4v) is 3.34. The van der Waals surface area contributed by atoms with Crippen LogP contribution < -0.4 is 5.63 Å². The first-order chi connectivity index (χ1) is 11.5. The molecular formula is C20H16O4. The zero-order chi connectivity index (χ0) is 16.8. The number of rotatable bonds is 3. The van der Waals surface area contributed by atoms with E-state index in [9.17, 15) is 9.59 Å². The quantitative estimate of drug-likeness (QED) is 0.742. The van der Waals surface area contributed by atoms with Gasteiger partial charge in [-0.2, -0.15) is 0 Å². The molecule has 4 nitrogen and oxygen atoms in total. The van der Waals surface area contributed by atoms with Gasteiger partial charge in [0.25, 0.3) is 0 Å². The average molecular weight is 320 g/mol. The lowest BCUT2D eigenvalue weighted by atomic mass is 9.96. The first-order valence-electron chi connectivity index (χ1n) is 7.91. The smallest absolute Gasteiger partial charge is 0.336 e. The van der Waals surface area contributed by atoms with Gasteiger partial charge in [0.1, 0.15) is 5.58 Å². The van der Waals surface area contributed by atoms with Crippen molar-refractivity contribution in [2.75, 3.05) is 0 Å². The molecule has 1 heterocycles. The standard InChI is InChI=1S/C20H16O4/c1-11-4-2-3-5-13(11)16-10-19(21)24-18-8-12(6-7-14(16)18)15-9-17(15)20(22)23/h2-8,10,15,17H,9H2,1H3,(H,22,23)/t15-,17+/m0/s1. The fraction of sp³-hybridized carbons (Fsp3) is 0.200. The molecule has 2 atom stereocenters. The first kappa shape index (κ1) is 14.7. The summed E-state index contributed by atoms with van der Waals surface area (Å²) in [6.07, 6.45) is 0.641. The number of benzene rings is 2. The average Bonchev–Trinajstić information content (AvgIpc) is 3.35. The Kier molecular flexibility index (Phi) is 3.27. The zero-order valence-electron chi connectivity index (χ0n) is 13.2. The minimum Gasteiger partial charge on any atom is -0.481 e. The molecule has 1 aliphatic carbocycles. The van der Waals surface area contributed by atoms with Crippen molar-refractivity contribution in [3.8, 4) is 11.1 Å². The van der Waals surface area contributed by atoms with Crippen LogP contribution in [-0.2, 0) is 4.79 Å². The molecule has 0 unspecified atom stereocenters. The Morgan fingerprint density at radius 2 is 1.92 bits per heavy atom. The Morgan fingerprint density at radius 3 is 2.62 bits per heavy atom. The molecule has 0 saturated heterocycles. The van der Waals surface area contributed by atoms with Crippen LogP contribution in [0.5, 0.6) is 0 Å². The molecule has 120 valence electrons. The second-order valence-electron chi connectivity index (χ2n) is 6.34. The molecule has 3 aromatic rings. The lowest BCUT2D eigenvalue weighted by Crippen LogP contribution is -2.01. The van der Waals surface area contributed by atoms with Crippen LogP contribution in [0.25, 0.3) is 22.1 Å². The predicted octanol–water partition coefficient (Wildman–Crippen LogP) is 3.96. The van der Waals surface area contributed by atoms with E-state index in [1.165, 1.54) is 6.07 Å². The SMILES string of the molecule is Cc1ccccc1-c1cc(=O)oc2cc([C@@H]3C[C@H]3C(=O)O)ccc12. The van der Waals surface area contributed by atoms with Crippen LogP contribution in [0.2, 0.25) is 0 Å². The van der Waals surface area contributed by atoms with E-state index in [4.69, 9.17) is 9.52 Å². The molecule has 1 N–H and O–H groups in total. The number of carboxylic acid groups (broad SMARTS) is 1. The fourth-order valence-electron chi connectivity index (χ4n) is 3.34. The molecule has 24 heavy (non-hydrogen) atoms. The Balaban J connectivity index is 1.87. The van der Waals surface area contributed by atoms with Gasteiger partial charge >= 0.3 is 11.6 Å². The number of hydrogen-bond acceptors (Lipinski definition) is 3. The number of hydrogen-bond donors (Lipinski definition) is 1. The van der Waals surface area contributed by atoms with Crippen LogP contribution in [-0.4, -0.2) is 11.1 Å². The lowest BCUT2D eigenvalue weighted by molar-refractivity contribution is -0.138. The second-order valence-corrected chi connectivity index (χ2v) is 6.34. The lowest BCUT2D eigenvalue weighted by Gasteiger charge is -2.09. The summed E-state index contributed by atoms with van der Waals surface area (Å²) in [5.41, 5.74) is 3.95. The molecule has 1 fully saturated rings. The summed E-state index contributed by atoms with van der Waals surface area (Å²) in [5, 5.41) is 9.95. The van der Waals surface area contributed by atoms with Crippen molar-refractivity contribution in [3.63, 3.8) is 0 Å². The summed E-state index contributed by atoms with van der Waals surface area (Å²) in [6.45, 7) is 2.01. The van der Waals surface area contributed by atoms with Gasteiger partial charge in [0, 0.05) is 17.0 Å². The van der Waals surface area contributed by atoms with Gasteiger partial charge in [-0.3, -0.25) is 4.79 Å². The van der Waals surface area contributed by atoms with E-state index >= 15 is 0 Å². The van der Waals surface area contributed by atoms with E-state index in [1.54, 1.807) is 0 Å². The van der Waals surface area contributed by atoms with Crippen LogP contribution in [0.1, 0.15) is 23.5 Å². The summed E-state index contributed by atoms with van der Waals surface area (Å²) >= 11 is 0. The van der Waals surface area contributed by atoms with Gasteiger partial charge in [-0.15, -0.1) is 0 Å². The summed E-state index contributed by atoms with van der Waals surface area (Å²) in [4.78, 5) is 23.1. The molecule has 0 amide bonds. The monoisotopic (exact) mass is 320 g/mol. The van der Waals surface area contributed by atoms with Crippen LogP contribution >= 0.6 is 0 Å². The van der Waals surface area contributed by atoms with Crippen molar-refractivity contribution in [2.24, 2.45) is 5.92 Å². The van der Waals surface area contributed by atoms with Gasteiger partial charge in [0.05, 0.1) is 5.92 Å². The van der Waals surface area contributed by atoms with E-state index in [0.717, 1.165) is 27.6 Å².